The molecule has 0 amide bonds. The number of hydrogen-bond donors (Lipinski definition) is 0. The zero-order valence-electron chi connectivity index (χ0n) is 13.5. The van der Waals surface area contributed by atoms with E-state index >= 15 is 0 Å². The summed E-state index contributed by atoms with van der Waals surface area (Å²) in [6, 6.07) is 10.2. The van der Waals surface area contributed by atoms with Crippen molar-refractivity contribution < 1.29 is 0 Å². The van der Waals surface area contributed by atoms with Crippen LogP contribution in [0.1, 0.15) is 43.8 Å². The summed E-state index contributed by atoms with van der Waals surface area (Å²) in [7, 11) is 0. The van der Waals surface area contributed by atoms with Crippen LogP contribution in [-0.2, 0) is 12.3 Å². The lowest BCUT2D eigenvalue weighted by Crippen LogP contribution is -2.04. The molecule has 24 heavy (non-hydrogen) atoms. The molecule has 0 N–H and O–H groups in total. The van der Waals surface area contributed by atoms with Crippen molar-refractivity contribution >= 4 is 11.8 Å². The van der Waals surface area contributed by atoms with Crippen molar-refractivity contribution in [2.45, 2.75) is 49.6 Å². The van der Waals surface area contributed by atoms with Gasteiger partial charge >= 0.3 is 0 Å². The molecule has 0 aliphatic heterocycles. The number of rotatable bonds is 7. The Kier molecular flexibility index (Phi) is 4.29. The van der Waals surface area contributed by atoms with Crippen LogP contribution in [0.5, 0.6) is 0 Å². The molecule has 124 valence electrons. The molecule has 0 radical (unpaired) electrons. The Labute approximate surface area is 144 Å². The van der Waals surface area contributed by atoms with Crippen molar-refractivity contribution in [3.63, 3.8) is 0 Å². The van der Waals surface area contributed by atoms with Crippen LogP contribution in [0.3, 0.4) is 0 Å². The zero-order valence-corrected chi connectivity index (χ0v) is 14.4. The normalized spacial score (nSPS) is 14.2. The molecule has 0 unspecified atom stereocenters. The highest BCUT2D eigenvalue weighted by atomic mass is 32.2. The van der Waals surface area contributed by atoms with E-state index in [9.17, 15) is 0 Å². The molecule has 0 spiro atoms. The first-order chi connectivity index (χ1) is 11.8. The number of nitrogens with zero attached hydrogens (tertiary/aromatic N) is 7. The maximum Gasteiger partial charge on any atom is 0.209 e. The topological polar surface area (TPSA) is 74.3 Å². The van der Waals surface area contributed by atoms with Crippen LogP contribution in [0, 0.1) is 0 Å². The maximum absolute atomic E-state index is 4.76. The third kappa shape index (κ3) is 3.19. The second kappa shape index (κ2) is 6.72. The molecule has 1 fully saturated rings. The quantitative estimate of drug-likeness (QED) is 0.615. The lowest BCUT2D eigenvalue weighted by molar-refractivity contribution is 0.564. The minimum atomic E-state index is 0.539. The lowest BCUT2D eigenvalue weighted by atomic mass is 10.3. The van der Waals surface area contributed by atoms with E-state index in [0.29, 0.717) is 11.7 Å². The molecule has 1 aliphatic rings. The first-order valence-corrected chi connectivity index (χ1v) is 9.24. The molecule has 8 heteroatoms. The van der Waals surface area contributed by atoms with Gasteiger partial charge in [0.25, 0.3) is 0 Å². The molecule has 7 nitrogen and oxygen atoms in total. The molecule has 1 aromatic carbocycles. The highest BCUT2D eigenvalue weighted by Crippen LogP contribution is 2.40. The molecule has 2 aromatic heterocycles. The van der Waals surface area contributed by atoms with E-state index < -0.39 is 0 Å². The van der Waals surface area contributed by atoms with Gasteiger partial charge in [-0.15, -0.1) is 10.2 Å². The second-order valence-corrected chi connectivity index (χ2v) is 6.82. The van der Waals surface area contributed by atoms with Crippen LogP contribution < -0.4 is 0 Å². The second-order valence-electron chi connectivity index (χ2n) is 5.88. The number of benzene rings is 1. The van der Waals surface area contributed by atoms with E-state index in [4.69, 9.17) is 10.1 Å². The van der Waals surface area contributed by atoms with E-state index in [1.54, 1.807) is 11.8 Å². The van der Waals surface area contributed by atoms with E-state index in [1.807, 2.05) is 27.6 Å². The average molecular weight is 341 g/mol. The summed E-state index contributed by atoms with van der Waals surface area (Å²) in [5.41, 5.74) is 1.06. The van der Waals surface area contributed by atoms with Crippen molar-refractivity contribution in [3.8, 4) is 5.69 Å². The van der Waals surface area contributed by atoms with Crippen molar-refractivity contribution in [1.29, 1.82) is 0 Å². The fourth-order valence-electron chi connectivity index (χ4n) is 2.57. The van der Waals surface area contributed by atoms with Crippen LogP contribution in [0.25, 0.3) is 5.69 Å². The average Bonchev–Trinajstić information content (AvgIpc) is 3.22. The van der Waals surface area contributed by atoms with Crippen molar-refractivity contribution in [3.05, 3.63) is 42.0 Å². The number of tetrazole rings is 1. The minimum Gasteiger partial charge on any atom is -0.229 e. The lowest BCUT2D eigenvalue weighted by Gasteiger charge is -2.03. The van der Waals surface area contributed by atoms with Gasteiger partial charge in [-0.25, -0.2) is 14.3 Å². The number of aryl methyl sites for hydroxylation is 1. The summed E-state index contributed by atoms with van der Waals surface area (Å²) in [5.74, 6) is 3.15. The van der Waals surface area contributed by atoms with Crippen LogP contribution >= 0.6 is 11.8 Å². The predicted molar refractivity (Wildman–Crippen MR) is 91.0 cm³/mol. The summed E-state index contributed by atoms with van der Waals surface area (Å²) in [5, 5.41) is 17.4. The Balaban J connectivity index is 1.55. The molecular weight excluding hydrogens is 322 g/mol. The molecule has 4 rings (SSSR count). The largest absolute Gasteiger partial charge is 0.229 e. The fourth-order valence-corrected chi connectivity index (χ4v) is 3.33. The van der Waals surface area contributed by atoms with Crippen LogP contribution in [0.15, 0.2) is 35.5 Å². The molecule has 0 bridgehead atoms. The standard InChI is InChI=1S/C16H19N7S/c1-2-10-22-14(18-20-21-22)11-24-16-17-15(12-8-9-12)23(19-16)13-6-4-3-5-7-13/h3-7,12H,2,8-11H2,1H3. The van der Waals surface area contributed by atoms with Gasteiger partial charge in [0, 0.05) is 12.5 Å². The van der Waals surface area contributed by atoms with Crippen molar-refractivity contribution in [1.82, 2.24) is 35.0 Å². The van der Waals surface area contributed by atoms with Crippen LogP contribution in [-0.4, -0.2) is 35.0 Å². The van der Waals surface area contributed by atoms with E-state index in [0.717, 1.165) is 35.5 Å². The Morgan fingerprint density at radius 1 is 1.21 bits per heavy atom. The first kappa shape index (κ1) is 15.3. The van der Waals surface area contributed by atoms with E-state index in [-0.39, 0.29) is 0 Å². The Bertz CT molecular complexity index is 807. The fraction of sp³-hybridized carbons (Fsp3) is 0.438. The molecule has 2 heterocycles. The third-order valence-corrected chi connectivity index (χ3v) is 4.76. The summed E-state index contributed by atoms with van der Waals surface area (Å²) < 4.78 is 3.83. The summed E-state index contributed by atoms with van der Waals surface area (Å²) in [6.45, 7) is 2.95. The van der Waals surface area contributed by atoms with Crippen molar-refractivity contribution in [2.24, 2.45) is 0 Å². The monoisotopic (exact) mass is 341 g/mol. The van der Waals surface area contributed by atoms with Gasteiger partial charge in [0.1, 0.15) is 5.82 Å². The Hall–Kier alpha value is -2.22. The highest BCUT2D eigenvalue weighted by Gasteiger charge is 2.30. The highest BCUT2D eigenvalue weighted by molar-refractivity contribution is 7.98. The SMILES string of the molecule is CCCn1nnnc1CSc1nc(C2CC2)n(-c2ccccc2)n1. The predicted octanol–water partition coefficient (Wildman–Crippen LogP) is 2.83. The molecule has 1 aliphatic carbocycles. The van der Waals surface area contributed by atoms with Crippen molar-refractivity contribution in [2.75, 3.05) is 0 Å². The minimum absolute atomic E-state index is 0.539. The van der Waals surface area contributed by atoms with E-state index in [2.05, 4.69) is 34.6 Å². The maximum atomic E-state index is 4.76. The summed E-state index contributed by atoms with van der Waals surface area (Å²) in [6.07, 6.45) is 3.41. The Morgan fingerprint density at radius 2 is 2.04 bits per heavy atom. The molecule has 1 saturated carbocycles. The molecular formula is C16H19N7S. The van der Waals surface area contributed by atoms with Gasteiger partial charge in [-0.1, -0.05) is 36.9 Å². The molecule has 0 atom stereocenters. The van der Waals surface area contributed by atoms with Crippen LogP contribution in [0.2, 0.25) is 0 Å². The summed E-state index contributed by atoms with van der Waals surface area (Å²) >= 11 is 1.59. The molecule has 3 aromatic rings. The van der Waals surface area contributed by atoms with Gasteiger partial charge in [0.2, 0.25) is 5.16 Å². The van der Waals surface area contributed by atoms with E-state index in [1.165, 1.54) is 12.8 Å². The number of thioether (sulfide) groups is 1. The van der Waals surface area contributed by atoms with Gasteiger partial charge in [-0.3, -0.25) is 0 Å². The third-order valence-electron chi connectivity index (χ3n) is 3.93. The summed E-state index contributed by atoms with van der Waals surface area (Å²) in [4.78, 5) is 4.76. The zero-order chi connectivity index (χ0) is 16.4. The van der Waals surface area contributed by atoms with Gasteiger partial charge in [0.05, 0.1) is 11.4 Å². The van der Waals surface area contributed by atoms with Gasteiger partial charge in [-0.2, -0.15) is 0 Å². The Morgan fingerprint density at radius 3 is 2.79 bits per heavy atom. The number of aromatic nitrogens is 7. The first-order valence-electron chi connectivity index (χ1n) is 8.25. The van der Waals surface area contributed by atoms with Gasteiger partial charge in [0.15, 0.2) is 5.82 Å². The number of hydrogen-bond acceptors (Lipinski definition) is 6. The molecule has 0 saturated heterocycles. The van der Waals surface area contributed by atoms with Crippen LogP contribution in [0.4, 0.5) is 0 Å². The smallest absolute Gasteiger partial charge is 0.209 e. The number of para-hydroxylation sites is 1. The van der Waals surface area contributed by atoms with Gasteiger partial charge in [-0.05, 0) is 41.8 Å². The van der Waals surface area contributed by atoms with Gasteiger partial charge < -0.3 is 0 Å².